The molecule has 1 aromatic carbocycles. The van der Waals surface area contributed by atoms with Crippen LogP contribution >= 0.6 is 0 Å². The number of fused-ring (bicyclic) bond motifs is 1. The van der Waals surface area contributed by atoms with Crippen LogP contribution in [0.4, 0.5) is 4.39 Å². The lowest BCUT2D eigenvalue weighted by molar-refractivity contribution is 0.0224. The third kappa shape index (κ3) is 4.39. The third-order valence-electron chi connectivity index (χ3n) is 7.07. The molecule has 2 aliphatic heterocycles. The molecule has 2 fully saturated rings. The first-order valence-corrected chi connectivity index (χ1v) is 12.2. The molecule has 0 radical (unpaired) electrons. The number of phenols is 1. The van der Waals surface area contributed by atoms with E-state index in [2.05, 4.69) is 20.1 Å². The van der Waals surface area contributed by atoms with Crippen LogP contribution in [0.25, 0.3) is 28.0 Å². The van der Waals surface area contributed by atoms with Crippen molar-refractivity contribution in [2.24, 2.45) is 5.92 Å². The molecule has 1 N–H and O–H groups in total. The van der Waals surface area contributed by atoms with E-state index >= 15 is 0 Å². The molecule has 0 aliphatic carbocycles. The highest BCUT2D eigenvalue weighted by Gasteiger charge is 2.31. The molecule has 7 nitrogen and oxygen atoms in total. The first-order valence-electron chi connectivity index (χ1n) is 12.2. The molecular formula is C27H28FN5O2. The maximum absolute atomic E-state index is 14.5. The van der Waals surface area contributed by atoms with Gasteiger partial charge in [-0.25, -0.2) is 9.37 Å². The van der Waals surface area contributed by atoms with Gasteiger partial charge in [0.05, 0.1) is 23.7 Å². The summed E-state index contributed by atoms with van der Waals surface area (Å²) in [6.07, 6.45) is 6.01. The van der Waals surface area contributed by atoms with E-state index in [0.717, 1.165) is 44.2 Å². The summed E-state index contributed by atoms with van der Waals surface area (Å²) in [4.78, 5) is 6.66. The minimum absolute atomic E-state index is 0.0800. The van der Waals surface area contributed by atoms with Crippen LogP contribution in [-0.4, -0.2) is 62.4 Å². The molecule has 0 bridgehead atoms. The van der Waals surface area contributed by atoms with Gasteiger partial charge in [0, 0.05) is 55.7 Å². The van der Waals surface area contributed by atoms with Gasteiger partial charge in [-0.15, -0.1) is 0 Å². The van der Waals surface area contributed by atoms with E-state index in [1.165, 1.54) is 18.9 Å². The van der Waals surface area contributed by atoms with Gasteiger partial charge >= 0.3 is 0 Å². The molecule has 5 heterocycles. The number of hydrogen-bond acceptors (Lipinski definition) is 6. The summed E-state index contributed by atoms with van der Waals surface area (Å²) >= 11 is 0. The molecule has 8 heteroatoms. The second kappa shape index (κ2) is 9.02. The molecule has 180 valence electrons. The fourth-order valence-electron chi connectivity index (χ4n) is 5.19. The number of benzene rings is 1. The fourth-order valence-corrected chi connectivity index (χ4v) is 5.19. The van der Waals surface area contributed by atoms with Crippen molar-refractivity contribution in [2.45, 2.75) is 25.7 Å². The number of aromatic nitrogens is 4. The number of phenolic OH excluding ortho intramolecular Hbond substituents is 1. The van der Waals surface area contributed by atoms with Crippen LogP contribution in [0.5, 0.6) is 5.75 Å². The molecule has 1 unspecified atom stereocenters. The molecule has 0 amide bonds. The molecular weight excluding hydrogens is 445 g/mol. The Kier molecular flexibility index (Phi) is 5.70. The van der Waals surface area contributed by atoms with Gasteiger partial charge in [-0.3, -0.25) is 0 Å². The van der Waals surface area contributed by atoms with Gasteiger partial charge in [0.15, 0.2) is 11.5 Å². The molecule has 35 heavy (non-hydrogen) atoms. The number of hydrogen-bond donors (Lipinski definition) is 1. The minimum atomic E-state index is -0.401. The lowest BCUT2D eigenvalue weighted by Crippen LogP contribution is -2.48. The number of imidazole rings is 1. The number of likely N-dealkylation sites (tertiary alicyclic amines) is 1. The van der Waals surface area contributed by atoms with Gasteiger partial charge in [0.1, 0.15) is 5.75 Å². The van der Waals surface area contributed by atoms with Crippen molar-refractivity contribution in [3.63, 3.8) is 0 Å². The summed E-state index contributed by atoms with van der Waals surface area (Å²) in [6, 6.07) is 10.6. The number of ether oxygens (including phenoxy) is 1. The van der Waals surface area contributed by atoms with Crippen LogP contribution in [0.1, 0.15) is 30.1 Å². The van der Waals surface area contributed by atoms with Crippen molar-refractivity contribution >= 4 is 5.65 Å². The molecule has 2 saturated heterocycles. The summed E-state index contributed by atoms with van der Waals surface area (Å²) in [7, 11) is 0. The molecule has 3 aromatic heterocycles. The van der Waals surface area contributed by atoms with Crippen LogP contribution in [-0.2, 0) is 4.74 Å². The van der Waals surface area contributed by atoms with Crippen molar-refractivity contribution < 1.29 is 14.2 Å². The van der Waals surface area contributed by atoms with Crippen molar-refractivity contribution in [1.29, 1.82) is 0 Å². The Bertz CT molecular complexity index is 1360. The predicted octanol–water partition coefficient (Wildman–Crippen LogP) is 4.44. The maximum atomic E-state index is 14.5. The highest BCUT2D eigenvalue weighted by molar-refractivity contribution is 5.74. The van der Waals surface area contributed by atoms with E-state index in [0.29, 0.717) is 39.9 Å². The summed E-state index contributed by atoms with van der Waals surface area (Å²) in [5.41, 5.74) is 4.60. The highest BCUT2D eigenvalue weighted by Crippen LogP contribution is 2.34. The number of nitrogens with zero attached hydrogens (tertiary/aromatic N) is 5. The van der Waals surface area contributed by atoms with Gasteiger partial charge in [-0.2, -0.15) is 10.2 Å². The van der Waals surface area contributed by atoms with Gasteiger partial charge in [0.25, 0.3) is 0 Å². The van der Waals surface area contributed by atoms with Crippen molar-refractivity contribution in [3.8, 4) is 28.1 Å². The molecule has 6 rings (SSSR count). The largest absolute Gasteiger partial charge is 0.507 e. The SMILES string of the molecule is Cc1cn2cc(-c3ccc(-c4ccc(C5CN(CC6CCCOC6)C5)nn4)c(O)c3)cc(F)c2n1. The smallest absolute Gasteiger partial charge is 0.173 e. The normalized spacial score (nSPS) is 19.2. The van der Waals surface area contributed by atoms with Gasteiger partial charge in [-0.05, 0) is 61.6 Å². The van der Waals surface area contributed by atoms with Gasteiger partial charge in [-0.1, -0.05) is 6.07 Å². The molecule has 1 atom stereocenters. The second-order valence-corrected chi connectivity index (χ2v) is 9.76. The van der Waals surface area contributed by atoms with Crippen molar-refractivity contribution in [3.05, 3.63) is 66.0 Å². The van der Waals surface area contributed by atoms with E-state index in [1.807, 2.05) is 31.3 Å². The van der Waals surface area contributed by atoms with Crippen LogP contribution in [0.15, 0.2) is 48.8 Å². The first-order chi connectivity index (χ1) is 17.0. The number of pyridine rings is 1. The number of aryl methyl sites for hydroxylation is 1. The Balaban J connectivity index is 1.15. The minimum Gasteiger partial charge on any atom is -0.507 e. The topological polar surface area (TPSA) is 75.8 Å². The molecule has 4 aromatic rings. The molecule has 0 spiro atoms. The van der Waals surface area contributed by atoms with Gasteiger partial charge in [0.2, 0.25) is 0 Å². The zero-order valence-electron chi connectivity index (χ0n) is 19.7. The van der Waals surface area contributed by atoms with E-state index in [9.17, 15) is 9.50 Å². The fraction of sp³-hybridized carbons (Fsp3) is 0.370. The highest BCUT2D eigenvalue weighted by atomic mass is 19.1. The standard InChI is InChI=1S/C27H28FN5O2/c1-17-11-33-15-20(9-23(28)27(33)29-17)19-4-5-22(26(34)10-19)25-7-6-24(30-31-25)21-13-32(14-21)12-18-3-2-8-35-16-18/h4-7,9-11,15,18,21,34H,2-3,8,12-14,16H2,1H3. The summed E-state index contributed by atoms with van der Waals surface area (Å²) < 4.78 is 21.8. The lowest BCUT2D eigenvalue weighted by atomic mass is 9.92. The van der Waals surface area contributed by atoms with E-state index < -0.39 is 5.82 Å². The quantitative estimate of drug-likeness (QED) is 0.462. The predicted molar refractivity (Wildman–Crippen MR) is 131 cm³/mol. The molecule has 0 saturated carbocycles. The van der Waals surface area contributed by atoms with Gasteiger partial charge < -0.3 is 19.1 Å². The van der Waals surface area contributed by atoms with Crippen molar-refractivity contribution in [1.82, 2.24) is 24.5 Å². The Labute approximate surface area is 203 Å². The average molecular weight is 474 g/mol. The second-order valence-electron chi connectivity index (χ2n) is 9.76. The Morgan fingerprint density at radius 2 is 1.97 bits per heavy atom. The lowest BCUT2D eigenvalue weighted by Gasteiger charge is -2.41. The average Bonchev–Trinajstić information content (AvgIpc) is 3.23. The van der Waals surface area contributed by atoms with Crippen LogP contribution in [0, 0.1) is 18.7 Å². The maximum Gasteiger partial charge on any atom is 0.173 e. The van der Waals surface area contributed by atoms with Crippen LogP contribution in [0.3, 0.4) is 0 Å². The number of rotatable bonds is 5. The Morgan fingerprint density at radius 3 is 2.71 bits per heavy atom. The summed E-state index contributed by atoms with van der Waals surface area (Å²) in [5, 5.41) is 19.6. The van der Waals surface area contributed by atoms with Crippen molar-refractivity contribution in [2.75, 3.05) is 32.8 Å². The van der Waals surface area contributed by atoms with Crippen LogP contribution in [0.2, 0.25) is 0 Å². The third-order valence-corrected chi connectivity index (χ3v) is 7.07. The monoisotopic (exact) mass is 473 g/mol. The number of aromatic hydroxyl groups is 1. The Hall–Kier alpha value is -3.36. The number of halogens is 1. The zero-order valence-corrected chi connectivity index (χ0v) is 19.7. The molecule has 2 aliphatic rings. The van der Waals surface area contributed by atoms with Crippen LogP contribution < -0.4 is 0 Å². The zero-order chi connectivity index (χ0) is 23.9. The van der Waals surface area contributed by atoms with E-state index in [1.54, 1.807) is 22.7 Å². The van der Waals surface area contributed by atoms with E-state index in [-0.39, 0.29) is 5.75 Å². The Morgan fingerprint density at radius 1 is 1.09 bits per heavy atom. The summed E-state index contributed by atoms with van der Waals surface area (Å²) in [6.45, 7) is 6.71. The summed E-state index contributed by atoms with van der Waals surface area (Å²) in [5.74, 6) is 0.721. The van der Waals surface area contributed by atoms with E-state index in [4.69, 9.17) is 4.74 Å². The first kappa shape index (κ1) is 22.1.